The number of aliphatic carboxylic acids is 2. The van der Waals surface area contributed by atoms with Crippen molar-refractivity contribution in [2.24, 2.45) is 5.73 Å². The molecule has 2 unspecified atom stereocenters. The van der Waals surface area contributed by atoms with Crippen molar-refractivity contribution in [3.8, 4) is 0 Å². The number of carbonyl (C=O) groups excluding carboxylic acids is 4. The molecule has 0 radical (unpaired) electrons. The van der Waals surface area contributed by atoms with Crippen LogP contribution in [0.3, 0.4) is 0 Å². The molecule has 1 aliphatic heterocycles. The third kappa shape index (κ3) is 5.79. The average Bonchev–Trinajstić information content (AvgIpc) is 2.93. The van der Waals surface area contributed by atoms with Gasteiger partial charge in [0, 0.05) is 18.2 Å². The molecule has 27 heavy (non-hydrogen) atoms. The fourth-order valence-electron chi connectivity index (χ4n) is 2.16. The molecule has 0 saturated heterocycles. The molecule has 0 spiro atoms. The van der Waals surface area contributed by atoms with Crippen molar-refractivity contribution in [2.75, 3.05) is 12.3 Å². The summed E-state index contributed by atoms with van der Waals surface area (Å²) < 4.78 is 0. The molecule has 4 amide bonds. The highest BCUT2D eigenvalue weighted by Gasteiger charge is 2.44. The molecule has 1 rings (SSSR count). The fraction of sp³-hybridized carbons (Fsp3) is 0.429. The Morgan fingerprint density at radius 2 is 1.89 bits per heavy atom. The van der Waals surface area contributed by atoms with Gasteiger partial charge in [-0.2, -0.15) is 12.6 Å². The van der Waals surface area contributed by atoms with Crippen molar-refractivity contribution in [2.45, 2.75) is 24.4 Å². The lowest BCUT2D eigenvalue weighted by Gasteiger charge is -2.25. The minimum Gasteiger partial charge on any atom is -0.480 e. The van der Waals surface area contributed by atoms with Crippen molar-refractivity contribution < 1.29 is 39.0 Å². The van der Waals surface area contributed by atoms with Gasteiger partial charge in [0.05, 0.1) is 5.57 Å². The smallest absolute Gasteiger partial charge is 0.328 e. The first-order chi connectivity index (χ1) is 12.5. The zero-order chi connectivity index (χ0) is 20.8. The zero-order valence-corrected chi connectivity index (χ0v) is 14.7. The second-order valence-electron chi connectivity index (χ2n) is 5.57. The van der Waals surface area contributed by atoms with E-state index in [2.05, 4.69) is 23.3 Å². The Kier molecular flexibility index (Phi) is 7.48. The predicted molar refractivity (Wildman–Crippen MR) is 91.5 cm³/mol. The van der Waals surface area contributed by atoms with E-state index in [9.17, 15) is 33.9 Å². The van der Waals surface area contributed by atoms with Crippen LogP contribution >= 0.6 is 12.6 Å². The number of rotatable bonds is 10. The number of hydrogen-bond acceptors (Lipinski definition) is 8. The van der Waals surface area contributed by atoms with E-state index >= 15 is 0 Å². The van der Waals surface area contributed by atoms with Crippen LogP contribution in [0.25, 0.3) is 0 Å². The lowest BCUT2D eigenvalue weighted by Crippen LogP contribution is -2.53. The van der Waals surface area contributed by atoms with Gasteiger partial charge in [0.25, 0.3) is 11.8 Å². The first-order valence-electron chi connectivity index (χ1n) is 7.50. The Hall–Kier alpha value is -2.93. The largest absolute Gasteiger partial charge is 0.480 e. The molecule has 0 saturated carbocycles. The van der Waals surface area contributed by atoms with Crippen molar-refractivity contribution in [1.82, 2.24) is 16.0 Å². The second kappa shape index (κ2) is 9.14. The van der Waals surface area contributed by atoms with Gasteiger partial charge >= 0.3 is 11.9 Å². The summed E-state index contributed by atoms with van der Waals surface area (Å²) in [6.45, 7) is -0.652. The highest BCUT2D eigenvalue weighted by atomic mass is 32.1. The zero-order valence-electron chi connectivity index (χ0n) is 13.9. The number of thiol groups is 1. The van der Waals surface area contributed by atoms with Gasteiger partial charge < -0.3 is 26.6 Å². The molecule has 13 heteroatoms. The predicted octanol–water partition coefficient (Wildman–Crippen LogP) is -3.25. The van der Waals surface area contributed by atoms with E-state index in [0.29, 0.717) is 0 Å². The normalized spacial score (nSPS) is 16.6. The molecule has 1 heterocycles. The number of nitrogens with two attached hydrogens (primary N) is 1. The molecule has 0 bridgehead atoms. The highest BCUT2D eigenvalue weighted by Crippen LogP contribution is 2.23. The molecule has 0 aromatic heterocycles. The van der Waals surface area contributed by atoms with Gasteiger partial charge in [-0.3, -0.25) is 29.3 Å². The monoisotopic (exact) mass is 402 g/mol. The van der Waals surface area contributed by atoms with Crippen molar-refractivity contribution >= 4 is 48.2 Å². The molecule has 0 aromatic rings. The molecular weight excluding hydrogens is 384 g/mol. The number of hydrogen-bond donors (Lipinski definition) is 7. The van der Waals surface area contributed by atoms with Crippen LogP contribution in [0.1, 0.15) is 12.8 Å². The summed E-state index contributed by atoms with van der Waals surface area (Å²) in [6, 6.07) is -1.16. The summed E-state index contributed by atoms with van der Waals surface area (Å²) >= 11 is 3.88. The number of imide groups is 1. The number of carboxylic acids is 2. The van der Waals surface area contributed by atoms with Gasteiger partial charge in [-0.25, -0.2) is 4.79 Å². The summed E-state index contributed by atoms with van der Waals surface area (Å²) in [4.78, 5) is 68.6. The Morgan fingerprint density at radius 3 is 2.33 bits per heavy atom. The van der Waals surface area contributed by atoms with Crippen LogP contribution in [0, 0.1) is 0 Å². The summed E-state index contributed by atoms with van der Waals surface area (Å²) in [7, 11) is 0. The van der Waals surface area contributed by atoms with Gasteiger partial charge in [0.1, 0.15) is 18.1 Å². The molecule has 7 N–H and O–H groups in total. The molecule has 0 aromatic carbocycles. The first kappa shape index (κ1) is 22.1. The second-order valence-corrected chi connectivity index (χ2v) is 5.93. The molecular formula is C14H18N4O8S. The van der Waals surface area contributed by atoms with Gasteiger partial charge in [-0.15, -0.1) is 0 Å². The summed E-state index contributed by atoms with van der Waals surface area (Å²) in [5.41, 5.74) is 2.96. The maximum Gasteiger partial charge on any atom is 0.328 e. The van der Waals surface area contributed by atoms with E-state index in [0.717, 1.165) is 6.08 Å². The van der Waals surface area contributed by atoms with Gasteiger partial charge in [0.2, 0.25) is 11.8 Å². The summed E-state index contributed by atoms with van der Waals surface area (Å²) in [6.07, 6.45) is -0.265. The Balaban J connectivity index is 2.74. The number of amides is 4. The average molecular weight is 402 g/mol. The SMILES string of the molecule is NC(CCC(=O)NC(CS)C(=O)NCC(=O)O)(C(=O)O)C1=CC(=O)NC1=O. The van der Waals surface area contributed by atoms with E-state index in [1.807, 2.05) is 5.32 Å². The lowest BCUT2D eigenvalue weighted by atomic mass is 9.86. The number of nitrogens with one attached hydrogen (secondary N) is 3. The molecule has 0 fully saturated rings. The lowest BCUT2D eigenvalue weighted by molar-refractivity contribution is -0.143. The highest BCUT2D eigenvalue weighted by molar-refractivity contribution is 7.80. The van der Waals surface area contributed by atoms with Crippen molar-refractivity contribution in [3.63, 3.8) is 0 Å². The molecule has 2 atom stereocenters. The van der Waals surface area contributed by atoms with E-state index in [4.69, 9.17) is 10.8 Å². The summed E-state index contributed by atoms with van der Waals surface area (Å²) in [5, 5.41) is 24.0. The summed E-state index contributed by atoms with van der Waals surface area (Å²) in [5.74, 6) is -6.39. The van der Waals surface area contributed by atoms with Gasteiger partial charge in [0.15, 0.2) is 0 Å². The minimum atomic E-state index is -2.28. The Morgan fingerprint density at radius 1 is 1.26 bits per heavy atom. The van der Waals surface area contributed by atoms with E-state index in [1.165, 1.54) is 0 Å². The fourth-order valence-corrected chi connectivity index (χ4v) is 2.41. The van der Waals surface area contributed by atoms with E-state index < -0.39 is 72.1 Å². The van der Waals surface area contributed by atoms with Crippen LogP contribution in [0.5, 0.6) is 0 Å². The number of carbonyl (C=O) groups is 6. The molecule has 148 valence electrons. The topological polar surface area (TPSA) is 205 Å². The van der Waals surface area contributed by atoms with Crippen LogP contribution < -0.4 is 21.7 Å². The maximum absolute atomic E-state index is 12.0. The quantitative estimate of drug-likeness (QED) is 0.144. The van der Waals surface area contributed by atoms with Crippen LogP contribution in [-0.2, 0) is 28.8 Å². The maximum atomic E-state index is 12.0. The third-order valence-corrected chi connectivity index (χ3v) is 3.98. The minimum absolute atomic E-state index is 0.147. The van der Waals surface area contributed by atoms with E-state index in [-0.39, 0.29) is 5.75 Å². The number of carboxylic acid groups (broad SMARTS) is 2. The third-order valence-electron chi connectivity index (χ3n) is 3.61. The van der Waals surface area contributed by atoms with E-state index in [1.54, 1.807) is 0 Å². The van der Waals surface area contributed by atoms with Gasteiger partial charge in [-0.05, 0) is 6.42 Å². The Bertz CT molecular complexity index is 722. The van der Waals surface area contributed by atoms with Gasteiger partial charge in [-0.1, -0.05) is 0 Å². The van der Waals surface area contributed by atoms with Crippen LogP contribution in [0.15, 0.2) is 11.6 Å². The van der Waals surface area contributed by atoms with Crippen LogP contribution in [0.4, 0.5) is 0 Å². The van der Waals surface area contributed by atoms with Crippen molar-refractivity contribution in [3.05, 3.63) is 11.6 Å². The van der Waals surface area contributed by atoms with Crippen molar-refractivity contribution in [1.29, 1.82) is 0 Å². The van der Waals surface area contributed by atoms with Crippen LogP contribution in [-0.4, -0.2) is 69.7 Å². The molecule has 0 aliphatic carbocycles. The molecule has 12 nitrogen and oxygen atoms in total. The van der Waals surface area contributed by atoms with Crippen LogP contribution in [0.2, 0.25) is 0 Å². The standard InChI is InChI=1S/C14H18N4O8S/c15-14(13(25)26,6-3-9(20)18-11(6)23)2-1-8(19)17-7(5-27)12(24)16-4-10(21)22/h3,7,27H,1-2,4-5,15H2,(H,16,24)(H,17,19)(H,21,22)(H,25,26)(H,18,20,23). The molecule has 1 aliphatic rings. The Labute approximate surface area is 157 Å². The first-order valence-corrected chi connectivity index (χ1v) is 8.14.